The Morgan fingerprint density at radius 3 is 2.94 bits per heavy atom. The van der Waals surface area contributed by atoms with E-state index in [1.165, 1.54) is 0 Å². The summed E-state index contributed by atoms with van der Waals surface area (Å²) in [5.74, 6) is -0.954. The van der Waals surface area contributed by atoms with Crippen molar-refractivity contribution in [3.8, 4) is 0 Å². The van der Waals surface area contributed by atoms with Crippen LogP contribution >= 0.6 is 0 Å². The molecule has 1 aliphatic rings. The highest BCUT2D eigenvalue weighted by atomic mass is 16.6. The highest BCUT2D eigenvalue weighted by Crippen LogP contribution is 2.21. The standard InChI is InChI=1S/C9H14N4O3/c1-6-7(12-16-11-6)4-13-3-2-9(10,5-13)8(14)15/h2-5,10H2,1H3,(H,14,15). The average Bonchev–Trinajstić information content (AvgIpc) is 2.77. The summed E-state index contributed by atoms with van der Waals surface area (Å²) in [4.78, 5) is 12.9. The van der Waals surface area contributed by atoms with E-state index in [1.807, 2.05) is 4.90 Å². The number of carboxylic acid groups (broad SMARTS) is 1. The first-order valence-corrected chi connectivity index (χ1v) is 5.04. The van der Waals surface area contributed by atoms with Crippen LogP contribution in [-0.2, 0) is 11.3 Å². The normalized spacial score (nSPS) is 26.1. The molecule has 0 bridgehead atoms. The van der Waals surface area contributed by atoms with E-state index in [1.54, 1.807) is 6.92 Å². The lowest BCUT2D eigenvalue weighted by atomic mass is 10.0. The number of hydrogen-bond acceptors (Lipinski definition) is 6. The van der Waals surface area contributed by atoms with Gasteiger partial charge in [-0.1, -0.05) is 10.3 Å². The second-order valence-electron chi connectivity index (χ2n) is 4.22. The first kappa shape index (κ1) is 11.0. The molecule has 0 radical (unpaired) electrons. The Bertz CT molecular complexity index is 405. The smallest absolute Gasteiger partial charge is 0.325 e. The number of carbonyl (C=O) groups is 1. The Kier molecular flexibility index (Phi) is 2.64. The fourth-order valence-electron chi connectivity index (χ4n) is 1.83. The Morgan fingerprint density at radius 1 is 1.69 bits per heavy atom. The van der Waals surface area contributed by atoms with E-state index < -0.39 is 11.5 Å². The predicted octanol–water partition coefficient (Wildman–Crippen LogP) is -0.634. The van der Waals surface area contributed by atoms with Crippen LogP contribution in [0.2, 0.25) is 0 Å². The van der Waals surface area contributed by atoms with Gasteiger partial charge in [-0.3, -0.25) is 9.69 Å². The first-order chi connectivity index (χ1) is 7.51. The first-order valence-electron chi connectivity index (χ1n) is 5.04. The zero-order valence-electron chi connectivity index (χ0n) is 9.01. The van der Waals surface area contributed by atoms with E-state index in [9.17, 15) is 4.79 Å². The third kappa shape index (κ3) is 1.91. The van der Waals surface area contributed by atoms with Gasteiger partial charge in [0.25, 0.3) is 0 Å². The third-order valence-electron chi connectivity index (χ3n) is 2.93. The molecule has 0 amide bonds. The lowest BCUT2D eigenvalue weighted by Crippen LogP contribution is -2.50. The van der Waals surface area contributed by atoms with Gasteiger partial charge in [0.1, 0.15) is 16.9 Å². The van der Waals surface area contributed by atoms with Crippen LogP contribution < -0.4 is 5.73 Å². The minimum absolute atomic E-state index is 0.328. The van der Waals surface area contributed by atoms with Crippen molar-refractivity contribution in [3.05, 3.63) is 11.4 Å². The molecule has 1 aromatic rings. The van der Waals surface area contributed by atoms with E-state index >= 15 is 0 Å². The van der Waals surface area contributed by atoms with Gasteiger partial charge in [-0.25, -0.2) is 4.63 Å². The molecule has 7 nitrogen and oxygen atoms in total. The van der Waals surface area contributed by atoms with Crippen LogP contribution in [0.5, 0.6) is 0 Å². The maximum atomic E-state index is 10.9. The van der Waals surface area contributed by atoms with Gasteiger partial charge in [-0.05, 0) is 13.3 Å². The third-order valence-corrected chi connectivity index (χ3v) is 2.93. The van der Waals surface area contributed by atoms with Gasteiger partial charge < -0.3 is 10.8 Å². The average molecular weight is 226 g/mol. The second-order valence-corrected chi connectivity index (χ2v) is 4.22. The number of carboxylic acids is 1. The molecule has 0 spiro atoms. The van der Waals surface area contributed by atoms with Gasteiger partial charge in [0.2, 0.25) is 0 Å². The molecule has 16 heavy (non-hydrogen) atoms. The zero-order valence-corrected chi connectivity index (χ0v) is 9.01. The van der Waals surface area contributed by atoms with Gasteiger partial charge >= 0.3 is 5.97 Å². The number of aromatic nitrogens is 2. The summed E-state index contributed by atoms with van der Waals surface area (Å²) in [6.45, 7) is 3.31. The number of likely N-dealkylation sites (tertiary alicyclic amines) is 1. The molecule has 1 aliphatic heterocycles. The Balaban J connectivity index is 2.00. The van der Waals surface area contributed by atoms with Crippen LogP contribution in [0, 0.1) is 6.92 Å². The number of rotatable bonds is 3. The summed E-state index contributed by atoms with van der Waals surface area (Å²) in [6, 6.07) is 0. The van der Waals surface area contributed by atoms with Crippen molar-refractivity contribution >= 4 is 5.97 Å². The van der Waals surface area contributed by atoms with Gasteiger partial charge in [0.15, 0.2) is 0 Å². The van der Waals surface area contributed by atoms with Crippen LogP contribution in [0.3, 0.4) is 0 Å². The highest BCUT2D eigenvalue weighted by Gasteiger charge is 2.41. The molecule has 3 N–H and O–H groups in total. The molecule has 1 fully saturated rings. The summed E-state index contributed by atoms with van der Waals surface area (Å²) >= 11 is 0. The van der Waals surface area contributed by atoms with E-state index in [2.05, 4.69) is 14.9 Å². The quantitative estimate of drug-likeness (QED) is 0.706. The van der Waals surface area contributed by atoms with Crippen molar-refractivity contribution < 1.29 is 14.5 Å². The molecule has 0 saturated carbocycles. The minimum atomic E-state index is -1.13. The molecule has 88 valence electrons. The maximum absolute atomic E-state index is 10.9. The lowest BCUT2D eigenvalue weighted by Gasteiger charge is -2.19. The summed E-state index contributed by atoms with van der Waals surface area (Å²) in [5, 5.41) is 16.4. The molecule has 0 aliphatic carbocycles. The molecule has 2 rings (SSSR count). The van der Waals surface area contributed by atoms with Crippen LogP contribution in [0.15, 0.2) is 4.63 Å². The van der Waals surface area contributed by atoms with Crippen LogP contribution in [0.25, 0.3) is 0 Å². The molecule has 0 aromatic carbocycles. The number of nitrogens with zero attached hydrogens (tertiary/aromatic N) is 3. The maximum Gasteiger partial charge on any atom is 0.325 e. The Morgan fingerprint density at radius 2 is 2.44 bits per heavy atom. The Labute approximate surface area is 92.2 Å². The van der Waals surface area contributed by atoms with Gasteiger partial charge in [0, 0.05) is 19.6 Å². The summed E-state index contributed by atoms with van der Waals surface area (Å²) < 4.78 is 4.58. The molecule has 7 heteroatoms. The number of hydrogen-bond donors (Lipinski definition) is 2. The lowest BCUT2D eigenvalue weighted by molar-refractivity contribution is -0.142. The molecule has 1 unspecified atom stereocenters. The topological polar surface area (TPSA) is 105 Å². The molecule has 1 atom stereocenters. The summed E-state index contributed by atoms with van der Waals surface area (Å²) in [7, 11) is 0. The van der Waals surface area contributed by atoms with Crippen LogP contribution in [0.4, 0.5) is 0 Å². The van der Waals surface area contributed by atoms with Crippen LogP contribution in [-0.4, -0.2) is 44.9 Å². The minimum Gasteiger partial charge on any atom is -0.480 e. The van der Waals surface area contributed by atoms with Crippen molar-refractivity contribution in [2.45, 2.75) is 25.4 Å². The largest absolute Gasteiger partial charge is 0.480 e. The van der Waals surface area contributed by atoms with E-state index in [0.717, 1.165) is 11.4 Å². The summed E-state index contributed by atoms with van der Waals surface area (Å²) in [6.07, 6.45) is 0.451. The van der Waals surface area contributed by atoms with Crippen molar-refractivity contribution in [3.63, 3.8) is 0 Å². The van der Waals surface area contributed by atoms with Crippen molar-refractivity contribution in [1.29, 1.82) is 0 Å². The van der Waals surface area contributed by atoms with Gasteiger partial charge in [-0.15, -0.1) is 0 Å². The predicted molar refractivity (Wildman–Crippen MR) is 53.5 cm³/mol. The monoisotopic (exact) mass is 226 g/mol. The highest BCUT2D eigenvalue weighted by molar-refractivity contribution is 5.79. The molecular weight excluding hydrogens is 212 g/mol. The van der Waals surface area contributed by atoms with Crippen molar-refractivity contribution in [2.24, 2.45) is 5.73 Å². The molecule has 1 saturated heterocycles. The van der Waals surface area contributed by atoms with E-state index in [0.29, 0.717) is 26.1 Å². The van der Waals surface area contributed by atoms with Crippen molar-refractivity contribution in [1.82, 2.24) is 15.2 Å². The number of nitrogens with two attached hydrogens (primary N) is 1. The van der Waals surface area contributed by atoms with Crippen molar-refractivity contribution in [2.75, 3.05) is 13.1 Å². The van der Waals surface area contributed by atoms with E-state index in [-0.39, 0.29) is 0 Å². The summed E-state index contributed by atoms with van der Waals surface area (Å²) in [5.41, 5.74) is 6.08. The SMILES string of the molecule is Cc1nonc1CN1CCC(N)(C(=O)O)C1. The molecule has 2 heterocycles. The Hall–Kier alpha value is -1.47. The van der Waals surface area contributed by atoms with Crippen LogP contribution in [0.1, 0.15) is 17.8 Å². The van der Waals surface area contributed by atoms with Gasteiger partial charge in [-0.2, -0.15) is 0 Å². The number of aryl methyl sites for hydroxylation is 1. The van der Waals surface area contributed by atoms with E-state index in [4.69, 9.17) is 10.8 Å². The van der Waals surface area contributed by atoms with Gasteiger partial charge in [0.05, 0.1) is 0 Å². The number of aliphatic carboxylic acids is 1. The second kappa shape index (κ2) is 3.84. The fraction of sp³-hybridized carbons (Fsp3) is 0.667. The molecular formula is C9H14N4O3. The zero-order chi connectivity index (χ0) is 11.8. The fourth-order valence-corrected chi connectivity index (χ4v) is 1.83. The molecule has 1 aromatic heterocycles.